The van der Waals surface area contributed by atoms with E-state index in [-0.39, 0.29) is 0 Å². The quantitative estimate of drug-likeness (QED) is 0.680. The number of nitrogens with one attached hydrogen (secondary N) is 1. The van der Waals surface area contributed by atoms with Crippen LogP contribution in [0.15, 0.2) is 23.4 Å². The van der Waals surface area contributed by atoms with Crippen molar-refractivity contribution in [2.45, 2.75) is 17.5 Å². The number of rotatable bonds is 6. The maximum atomic E-state index is 13.3. The first-order valence-corrected chi connectivity index (χ1v) is 6.68. The van der Waals surface area contributed by atoms with Crippen LogP contribution in [0.2, 0.25) is 0 Å². The number of carbonyl (C=O) groups is 2. The number of carboxylic acids is 1. The Labute approximate surface area is 113 Å². The topological polar surface area (TPSA) is 123 Å². The third-order valence-corrected chi connectivity index (χ3v) is 3.58. The van der Waals surface area contributed by atoms with E-state index < -0.39 is 45.3 Å². The monoisotopic (exact) mass is 306 g/mol. The third kappa shape index (κ3) is 3.96. The highest BCUT2D eigenvalue weighted by molar-refractivity contribution is 7.89. The van der Waals surface area contributed by atoms with Gasteiger partial charge in [-0.15, -0.1) is 0 Å². The normalized spacial score (nSPS) is 12.7. The minimum atomic E-state index is -4.51. The van der Waals surface area contributed by atoms with E-state index in [1.165, 1.54) is 6.07 Å². The highest BCUT2D eigenvalue weighted by Crippen LogP contribution is 2.11. The molecule has 1 aromatic heterocycles. The summed E-state index contributed by atoms with van der Waals surface area (Å²) < 4.78 is 42.9. The van der Waals surface area contributed by atoms with Crippen molar-refractivity contribution in [3.05, 3.63) is 24.1 Å². The van der Waals surface area contributed by atoms with Gasteiger partial charge in [-0.1, -0.05) is 0 Å². The molecule has 0 amide bonds. The highest BCUT2D eigenvalue weighted by Gasteiger charge is 2.30. The van der Waals surface area contributed by atoms with Crippen LogP contribution in [-0.2, 0) is 24.3 Å². The number of aliphatic carboxylic acids is 1. The summed E-state index contributed by atoms with van der Waals surface area (Å²) in [4.78, 5) is 25.2. The lowest BCUT2D eigenvalue weighted by Gasteiger charge is -2.13. The minimum absolute atomic E-state index is 0.737. The van der Waals surface area contributed by atoms with Crippen LogP contribution in [0.3, 0.4) is 0 Å². The average molecular weight is 306 g/mol. The van der Waals surface area contributed by atoms with E-state index in [4.69, 9.17) is 5.11 Å². The zero-order valence-electron chi connectivity index (χ0n) is 10.2. The van der Waals surface area contributed by atoms with Gasteiger partial charge in [0, 0.05) is 6.20 Å². The van der Waals surface area contributed by atoms with Gasteiger partial charge >= 0.3 is 11.9 Å². The molecule has 0 aliphatic rings. The molecular formula is C10H11FN2O6S. The van der Waals surface area contributed by atoms with E-state index in [1.54, 1.807) is 4.72 Å². The molecule has 0 fully saturated rings. The molecule has 8 nitrogen and oxygen atoms in total. The summed E-state index contributed by atoms with van der Waals surface area (Å²) in [5, 5.41) is 7.90. The number of carbonyl (C=O) groups excluding carboxylic acids is 1. The number of nitrogens with zero attached hydrogens (tertiary/aromatic N) is 1. The molecule has 10 heteroatoms. The molecule has 1 rings (SSSR count). The molecule has 0 unspecified atom stereocenters. The second-order valence-corrected chi connectivity index (χ2v) is 5.21. The largest absolute Gasteiger partial charge is 0.480 e. The second-order valence-electron chi connectivity index (χ2n) is 3.58. The van der Waals surface area contributed by atoms with E-state index in [9.17, 15) is 22.4 Å². The van der Waals surface area contributed by atoms with Crippen molar-refractivity contribution >= 4 is 22.0 Å². The van der Waals surface area contributed by atoms with Crippen molar-refractivity contribution in [1.29, 1.82) is 0 Å². The van der Waals surface area contributed by atoms with E-state index in [0.717, 1.165) is 19.4 Å². The molecule has 20 heavy (non-hydrogen) atoms. The third-order valence-electron chi connectivity index (χ3n) is 2.17. The Balaban J connectivity index is 3.01. The molecular weight excluding hydrogens is 295 g/mol. The number of sulfonamides is 1. The summed E-state index contributed by atoms with van der Waals surface area (Å²) in [7, 11) is -3.49. The van der Waals surface area contributed by atoms with Crippen molar-refractivity contribution in [2.75, 3.05) is 7.11 Å². The molecule has 0 bridgehead atoms. The van der Waals surface area contributed by atoms with Gasteiger partial charge in [-0.05, 0) is 12.1 Å². The van der Waals surface area contributed by atoms with Gasteiger partial charge in [0.05, 0.1) is 13.5 Å². The van der Waals surface area contributed by atoms with Crippen LogP contribution in [-0.4, -0.2) is 43.6 Å². The van der Waals surface area contributed by atoms with Crippen LogP contribution in [0.1, 0.15) is 6.42 Å². The van der Waals surface area contributed by atoms with Gasteiger partial charge < -0.3 is 9.84 Å². The van der Waals surface area contributed by atoms with Crippen LogP contribution in [0.25, 0.3) is 0 Å². The molecule has 1 atom stereocenters. The first kappa shape index (κ1) is 16.0. The number of pyridine rings is 1. The molecule has 110 valence electrons. The van der Waals surface area contributed by atoms with E-state index in [0.29, 0.717) is 0 Å². The lowest BCUT2D eigenvalue weighted by molar-refractivity contribution is -0.147. The number of esters is 1. The van der Waals surface area contributed by atoms with Gasteiger partial charge in [-0.25, -0.2) is 17.8 Å². The van der Waals surface area contributed by atoms with Crippen LogP contribution >= 0.6 is 0 Å². The summed E-state index contributed by atoms with van der Waals surface area (Å²) in [6, 6.07) is 0.253. The van der Waals surface area contributed by atoms with Crippen LogP contribution in [0.4, 0.5) is 4.39 Å². The minimum Gasteiger partial charge on any atom is -0.480 e. The number of hydrogen-bond donors (Lipinski definition) is 2. The molecule has 0 saturated carbocycles. The zero-order chi connectivity index (χ0) is 15.3. The summed E-state index contributed by atoms with van der Waals surface area (Å²) in [5.41, 5.74) is 0. The van der Waals surface area contributed by atoms with Crippen molar-refractivity contribution in [3.8, 4) is 0 Å². The molecule has 1 heterocycles. The van der Waals surface area contributed by atoms with E-state index in [1.807, 2.05) is 0 Å². The standard InChI is InChI=1S/C10H11FN2O6S/c1-19-8(14)5-7(10(15)16)13-20(17,18)9-6(11)3-2-4-12-9/h2-4,7,13H,5H2,1H3,(H,15,16)/t7-/m0/s1. The van der Waals surface area contributed by atoms with Crippen molar-refractivity contribution in [2.24, 2.45) is 0 Å². The predicted molar refractivity (Wildman–Crippen MR) is 62.6 cm³/mol. The molecule has 0 spiro atoms. The van der Waals surface area contributed by atoms with Crippen LogP contribution in [0.5, 0.6) is 0 Å². The molecule has 0 aliphatic carbocycles. The maximum Gasteiger partial charge on any atom is 0.322 e. The molecule has 0 aliphatic heterocycles. The first-order chi connectivity index (χ1) is 9.27. The smallest absolute Gasteiger partial charge is 0.322 e. The lowest BCUT2D eigenvalue weighted by Crippen LogP contribution is -2.42. The summed E-state index contributed by atoms with van der Waals surface area (Å²) >= 11 is 0. The molecule has 2 N–H and O–H groups in total. The van der Waals surface area contributed by atoms with Gasteiger partial charge in [0.1, 0.15) is 6.04 Å². The molecule has 1 aromatic rings. The van der Waals surface area contributed by atoms with Crippen molar-refractivity contribution in [1.82, 2.24) is 9.71 Å². The fourth-order valence-corrected chi connectivity index (χ4v) is 2.44. The fourth-order valence-electron chi connectivity index (χ4n) is 1.24. The number of methoxy groups -OCH3 is 1. The van der Waals surface area contributed by atoms with Gasteiger partial charge in [0.25, 0.3) is 10.0 Å². The first-order valence-electron chi connectivity index (χ1n) is 5.20. The zero-order valence-corrected chi connectivity index (χ0v) is 11.1. The molecule has 0 radical (unpaired) electrons. The van der Waals surface area contributed by atoms with Gasteiger partial charge in [0.15, 0.2) is 5.82 Å². The fraction of sp³-hybridized carbons (Fsp3) is 0.300. The maximum absolute atomic E-state index is 13.3. The van der Waals surface area contributed by atoms with Gasteiger partial charge in [-0.2, -0.15) is 4.72 Å². The number of aromatic nitrogens is 1. The molecule has 0 saturated heterocycles. The van der Waals surface area contributed by atoms with Crippen molar-refractivity contribution < 1.29 is 32.2 Å². The lowest BCUT2D eigenvalue weighted by atomic mass is 10.2. The Hall–Kier alpha value is -2.07. The second kappa shape index (κ2) is 6.39. The summed E-state index contributed by atoms with van der Waals surface area (Å²) in [6.07, 6.45) is 0.299. The van der Waals surface area contributed by atoms with Gasteiger partial charge in [-0.3, -0.25) is 9.59 Å². The molecule has 0 aromatic carbocycles. The Kier molecular flexibility index (Phi) is 5.11. The Morgan fingerprint density at radius 3 is 2.70 bits per heavy atom. The van der Waals surface area contributed by atoms with Crippen LogP contribution < -0.4 is 4.72 Å². The van der Waals surface area contributed by atoms with Gasteiger partial charge in [0.2, 0.25) is 5.03 Å². The van der Waals surface area contributed by atoms with Crippen molar-refractivity contribution in [3.63, 3.8) is 0 Å². The highest BCUT2D eigenvalue weighted by atomic mass is 32.2. The van der Waals surface area contributed by atoms with E-state index in [2.05, 4.69) is 9.72 Å². The Bertz CT molecular complexity index is 618. The Morgan fingerprint density at radius 2 is 2.20 bits per heavy atom. The Morgan fingerprint density at radius 1 is 1.55 bits per heavy atom. The predicted octanol–water partition coefficient (Wildman–Crippen LogP) is -0.485. The average Bonchev–Trinajstić information content (AvgIpc) is 2.37. The number of carboxylic acid groups (broad SMARTS) is 1. The number of ether oxygens (including phenoxy) is 1. The summed E-state index contributed by atoms with van der Waals surface area (Å²) in [5.74, 6) is -3.67. The summed E-state index contributed by atoms with van der Waals surface area (Å²) in [6.45, 7) is 0. The SMILES string of the molecule is COC(=O)C[C@H](NS(=O)(=O)c1ncccc1F)C(=O)O. The number of hydrogen-bond acceptors (Lipinski definition) is 6. The number of halogens is 1. The van der Waals surface area contributed by atoms with E-state index >= 15 is 0 Å². The van der Waals surface area contributed by atoms with Crippen LogP contribution in [0, 0.1) is 5.82 Å².